The molecule has 0 unspecified atom stereocenters. The van der Waals surface area contributed by atoms with Gasteiger partial charge in [0.25, 0.3) is 0 Å². The maximum Gasteiger partial charge on any atom is 0.147 e. The first-order chi connectivity index (χ1) is 8.16. The van der Waals surface area contributed by atoms with Gasteiger partial charge in [0.05, 0.1) is 10.7 Å². The summed E-state index contributed by atoms with van der Waals surface area (Å²) < 4.78 is 14.5. The van der Waals surface area contributed by atoms with Crippen molar-refractivity contribution in [2.45, 2.75) is 6.54 Å². The van der Waals surface area contributed by atoms with Crippen LogP contribution in [-0.4, -0.2) is 0 Å². The number of para-hydroxylation sites is 1. The lowest BCUT2D eigenvalue weighted by atomic mass is 10.2. The number of anilines is 1. The normalized spacial score (nSPS) is 10.3. The van der Waals surface area contributed by atoms with E-state index in [1.807, 2.05) is 24.3 Å². The largest absolute Gasteiger partial charge is 0.377 e. The molecule has 0 fully saturated rings. The lowest BCUT2D eigenvalue weighted by Gasteiger charge is -2.09. The summed E-state index contributed by atoms with van der Waals surface area (Å²) in [5, 5.41) is 3.39. The zero-order valence-electron chi connectivity index (χ0n) is 8.88. The molecule has 2 rings (SSSR count). The molecule has 2 aromatic rings. The van der Waals surface area contributed by atoms with E-state index in [9.17, 15) is 4.39 Å². The summed E-state index contributed by atoms with van der Waals surface area (Å²) in [6, 6.07) is 12.4. The second kappa shape index (κ2) is 5.52. The molecule has 0 bridgehead atoms. The van der Waals surface area contributed by atoms with Crippen LogP contribution < -0.4 is 5.32 Å². The van der Waals surface area contributed by atoms with Crippen molar-refractivity contribution in [1.82, 2.24) is 0 Å². The third-order valence-corrected chi connectivity index (χ3v) is 3.19. The molecule has 1 N–H and O–H groups in total. The van der Waals surface area contributed by atoms with Crippen molar-refractivity contribution in [3.05, 3.63) is 63.3 Å². The van der Waals surface area contributed by atoms with Crippen LogP contribution in [0.25, 0.3) is 0 Å². The average Bonchev–Trinajstić information content (AvgIpc) is 2.31. The number of rotatable bonds is 3. The molecule has 4 heteroatoms. The third-order valence-electron chi connectivity index (χ3n) is 2.35. The van der Waals surface area contributed by atoms with Crippen LogP contribution in [0.4, 0.5) is 10.1 Å². The summed E-state index contributed by atoms with van der Waals surface area (Å²) in [5.74, 6) is -0.338. The van der Waals surface area contributed by atoms with Gasteiger partial charge < -0.3 is 5.32 Å². The standard InChI is InChI=1S/C13H10BrClFN/c14-10-6-4-9(5-7-10)8-17-13-11(15)2-1-3-12(13)16/h1-7,17H,8H2. The minimum Gasteiger partial charge on any atom is -0.377 e. The van der Waals surface area contributed by atoms with Crippen LogP contribution >= 0.6 is 27.5 Å². The Labute approximate surface area is 113 Å². The molecule has 0 aliphatic rings. The molecule has 0 heterocycles. The van der Waals surface area contributed by atoms with E-state index < -0.39 is 0 Å². The van der Waals surface area contributed by atoms with Crippen LogP contribution in [0.2, 0.25) is 5.02 Å². The van der Waals surface area contributed by atoms with Gasteiger partial charge in [-0.1, -0.05) is 45.7 Å². The summed E-state index contributed by atoms with van der Waals surface area (Å²) in [4.78, 5) is 0. The highest BCUT2D eigenvalue weighted by molar-refractivity contribution is 9.10. The second-order valence-corrected chi connectivity index (χ2v) is 4.90. The number of benzene rings is 2. The van der Waals surface area contributed by atoms with E-state index in [1.54, 1.807) is 12.1 Å². The van der Waals surface area contributed by atoms with Gasteiger partial charge in [0.15, 0.2) is 0 Å². The molecule has 0 atom stereocenters. The van der Waals surface area contributed by atoms with Crippen molar-refractivity contribution < 1.29 is 4.39 Å². The molecule has 0 radical (unpaired) electrons. The third kappa shape index (κ3) is 3.20. The minimum absolute atomic E-state index is 0.338. The molecule has 0 saturated heterocycles. The summed E-state index contributed by atoms with van der Waals surface area (Å²) in [7, 11) is 0. The summed E-state index contributed by atoms with van der Waals surface area (Å²) in [6.45, 7) is 0.536. The maximum atomic E-state index is 13.5. The van der Waals surface area contributed by atoms with Crippen molar-refractivity contribution in [2.75, 3.05) is 5.32 Å². The molecule has 0 aromatic heterocycles. The first-order valence-electron chi connectivity index (χ1n) is 5.09. The molecule has 0 aliphatic heterocycles. The van der Waals surface area contributed by atoms with Gasteiger partial charge in [0.2, 0.25) is 0 Å². The van der Waals surface area contributed by atoms with Crippen molar-refractivity contribution in [2.24, 2.45) is 0 Å². The number of hydrogen-bond acceptors (Lipinski definition) is 1. The number of halogens is 3. The van der Waals surface area contributed by atoms with E-state index in [2.05, 4.69) is 21.2 Å². The lowest BCUT2D eigenvalue weighted by molar-refractivity contribution is 0.630. The first-order valence-corrected chi connectivity index (χ1v) is 6.26. The van der Waals surface area contributed by atoms with Crippen molar-refractivity contribution in [1.29, 1.82) is 0 Å². The predicted molar refractivity (Wildman–Crippen MR) is 72.9 cm³/mol. The predicted octanol–water partition coefficient (Wildman–Crippen LogP) is 4.85. The second-order valence-electron chi connectivity index (χ2n) is 3.58. The van der Waals surface area contributed by atoms with Crippen molar-refractivity contribution in [3.63, 3.8) is 0 Å². The summed E-state index contributed by atoms with van der Waals surface area (Å²) >= 11 is 9.27. The quantitative estimate of drug-likeness (QED) is 0.853. The Morgan fingerprint density at radius 2 is 1.82 bits per heavy atom. The molecular weight excluding hydrogens is 305 g/mol. The van der Waals surface area contributed by atoms with Crippen LogP contribution in [0.15, 0.2) is 46.9 Å². The molecule has 0 saturated carbocycles. The topological polar surface area (TPSA) is 12.0 Å². The van der Waals surface area contributed by atoms with Crippen LogP contribution in [0.1, 0.15) is 5.56 Å². The van der Waals surface area contributed by atoms with E-state index in [-0.39, 0.29) is 5.82 Å². The Balaban J connectivity index is 2.10. The number of hydrogen-bond donors (Lipinski definition) is 1. The zero-order valence-corrected chi connectivity index (χ0v) is 11.2. The Morgan fingerprint density at radius 1 is 1.12 bits per heavy atom. The van der Waals surface area contributed by atoms with E-state index in [1.165, 1.54) is 6.07 Å². The van der Waals surface area contributed by atoms with Gasteiger partial charge in [-0.15, -0.1) is 0 Å². The van der Waals surface area contributed by atoms with Gasteiger partial charge in [-0.25, -0.2) is 4.39 Å². The molecule has 0 spiro atoms. The number of nitrogens with one attached hydrogen (secondary N) is 1. The molecule has 1 nitrogen and oxygen atoms in total. The summed E-state index contributed by atoms with van der Waals surface area (Å²) in [5.41, 5.74) is 1.41. The highest BCUT2D eigenvalue weighted by Gasteiger charge is 2.05. The van der Waals surface area contributed by atoms with Gasteiger partial charge in [-0.05, 0) is 29.8 Å². The lowest BCUT2D eigenvalue weighted by Crippen LogP contribution is -2.01. The van der Waals surface area contributed by atoms with Gasteiger partial charge in [0, 0.05) is 11.0 Å². The van der Waals surface area contributed by atoms with Gasteiger partial charge >= 0.3 is 0 Å². The first kappa shape index (κ1) is 12.4. The SMILES string of the molecule is Fc1cccc(Cl)c1NCc1ccc(Br)cc1. The molecule has 88 valence electrons. The summed E-state index contributed by atoms with van der Waals surface area (Å²) in [6.07, 6.45) is 0. The van der Waals surface area contributed by atoms with E-state index in [0.717, 1.165) is 10.0 Å². The fraction of sp³-hybridized carbons (Fsp3) is 0.0769. The molecule has 0 amide bonds. The highest BCUT2D eigenvalue weighted by Crippen LogP contribution is 2.25. The fourth-order valence-electron chi connectivity index (χ4n) is 1.46. The fourth-order valence-corrected chi connectivity index (χ4v) is 1.95. The van der Waals surface area contributed by atoms with Crippen LogP contribution in [0.3, 0.4) is 0 Å². The van der Waals surface area contributed by atoms with Crippen LogP contribution in [0.5, 0.6) is 0 Å². The molecule has 0 aliphatic carbocycles. The van der Waals surface area contributed by atoms with Crippen molar-refractivity contribution in [3.8, 4) is 0 Å². The average molecular weight is 315 g/mol. The minimum atomic E-state index is -0.338. The maximum absolute atomic E-state index is 13.5. The molecular formula is C13H10BrClFN. The van der Waals surface area contributed by atoms with Crippen LogP contribution in [-0.2, 0) is 6.54 Å². The van der Waals surface area contributed by atoms with Crippen LogP contribution in [0, 0.1) is 5.82 Å². The highest BCUT2D eigenvalue weighted by atomic mass is 79.9. The monoisotopic (exact) mass is 313 g/mol. The van der Waals surface area contributed by atoms with E-state index in [0.29, 0.717) is 17.3 Å². The zero-order chi connectivity index (χ0) is 12.3. The Morgan fingerprint density at radius 3 is 2.47 bits per heavy atom. The van der Waals surface area contributed by atoms with Gasteiger partial charge in [-0.2, -0.15) is 0 Å². The molecule has 2 aromatic carbocycles. The Bertz CT molecular complexity index is 493. The van der Waals surface area contributed by atoms with Gasteiger partial charge in [0.1, 0.15) is 5.82 Å². The van der Waals surface area contributed by atoms with Crippen molar-refractivity contribution >= 4 is 33.2 Å². The Kier molecular flexibility index (Phi) is 4.02. The smallest absolute Gasteiger partial charge is 0.147 e. The Hall–Kier alpha value is -1.06. The van der Waals surface area contributed by atoms with E-state index in [4.69, 9.17) is 11.6 Å². The van der Waals surface area contributed by atoms with E-state index >= 15 is 0 Å². The van der Waals surface area contributed by atoms with Gasteiger partial charge in [-0.3, -0.25) is 0 Å². The molecule has 17 heavy (non-hydrogen) atoms.